The standard InChI is InChI=1S/C15H21NO4/c1-15(2,3)20-13(17)9-12(16)14(18)19-10-11-7-5-4-6-8-11/h4-8,12H,9-10,16H2,1-3H3/t12-/m0/s1. The Morgan fingerprint density at radius 2 is 1.80 bits per heavy atom. The van der Waals surface area contributed by atoms with Gasteiger partial charge < -0.3 is 15.2 Å². The first-order valence-corrected chi connectivity index (χ1v) is 6.46. The molecule has 5 nitrogen and oxygen atoms in total. The van der Waals surface area contributed by atoms with Gasteiger partial charge in [-0.2, -0.15) is 0 Å². The second kappa shape index (κ2) is 7.05. The third kappa shape index (κ3) is 6.33. The molecule has 0 heterocycles. The van der Waals surface area contributed by atoms with Gasteiger partial charge in [-0.1, -0.05) is 30.3 Å². The van der Waals surface area contributed by atoms with Gasteiger partial charge in [0.1, 0.15) is 18.2 Å². The van der Waals surface area contributed by atoms with Crippen LogP contribution in [0.25, 0.3) is 0 Å². The second-order valence-corrected chi connectivity index (χ2v) is 5.49. The van der Waals surface area contributed by atoms with E-state index in [-0.39, 0.29) is 13.0 Å². The van der Waals surface area contributed by atoms with Crippen molar-refractivity contribution in [1.82, 2.24) is 0 Å². The van der Waals surface area contributed by atoms with Gasteiger partial charge in [-0.15, -0.1) is 0 Å². The summed E-state index contributed by atoms with van der Waals surface area (Å²) in [4.78, 5) is 23.2. The average molecular weight is 279 g/mol. The number of rotatable bonds is 5. The number of benzene rings is 1. The number of esters is 2. The van der Waals surface area contributed by atoms with Crippen LogP contribution in [0.2, 0.25) is 0 Å². The van der Waals surface area contributed by atoms with Gasteiger partial charge in [0.15, 0.2) is 0 Å². The molecular formula is C15H21NO4. The van der Waals surface area contributed by atoms with Crippen molar-refractivity contribution in [2.75, 3.05) is 0 Å². The zero-order valence-electron chi connectivity index (χ0n) is 12.1. The highest BCUT2D eigenvalue weighted by atomic mass is 16.6. The van der Waals surface area contributed by atoms with E-state index in [2.05, 4.69) is 0 Å². The Balaban J connectivity index is 2.38. The van der Waals surface area contributed by atoms with E-state index >= 15 is 0 Å². The molecule has 0 aromatic heterocycles. The predicted molar refractivity (Wildman–Crippen MR) is 74.7 cm³/mol. The van der Waals surface area contributed by atoms with Crippen LogP contribution in [0.4, 0.5) is 0 Å². The molecular weight excluding hydrogens is 258 g/mol. The van der Waals surface area contributed by atoms with E-state index in [9.17, 15) is 9.59 Å². The van der Waals surface area contributed by atoms with Gasteiger partial charge in [-0.25, -0.2) is 0 Å². The maximum absolute atomic E-state index is 11.7. The average Bonchev–Trinajstić information content (AvgIpc) is 2.34. The maximum Gasteiger partial charge on any atom is 0.323 e. The van der Waals surface area contributed by atoms with Crippen LogP contribution in [0, 0.1) is 0 Å². The highest BCUT2D eigenvalue weighted by Crippen LogP contribution is 2.09. The fraction of sp³-hybridized carbons (Fsp3) is 0.467. The summed E-state index contributed by atoms with van der Waals surface area (Å²) in [6, 6.07) is 8.25. The Kier molecular flexibility index (Phi) is 5.70. The van der Waals surface area contributed by atoms with Crippen molar-refractivity contribution in [2.45, 2.75) is 45.4 Å². The molecule has 5 heteroatoms. The van der Waals surface area contributed by atoms with Gasteiger partial charge in [-0.3, -0.25) is 9.59 Å². The molecule has 1 atom stereocenters. The lowest BCUT2D eigenvalue weighted by molar-refractivity contribution is -0.159. The SMILES string of the molecule is CC(C)(C)OC(=O)C[C@H](N)C(=O)OCc1ccccc1. The van der Waals surface area contributed by atoms with E-state index in [0.29, 0.717) is 0 Å². The molecule has 0 bridgehead atoms. The fourth-order valence-corrected chi connectivity index (χ4v) is 1.48. The van der Waals surface area contributed by atoms with Crippen molar-refractivity contribution in [3.8, 4) is 0 Å². The number of carbonyl (C=O) groups is 2. The minimum atomic E-state index is -1.01. The monoisotopic (exact) mass is 279 g/mol. The molecule has 0 unspecified atom stereocenters. The summed E-state index contributed by atoms with van der Waals surface area (Å²) in [6.07, 6.45) is -0.190. The van der Waals surface area contributed by atoms with E-state index in [1.807, 2.05) is 30.3 Å². The molecule has 2 N–H and O–H groups in total. The zero-order valence-corrected chi connectivity index (χ0v) is 12.1. The van der Waals surface area contributed by atoms with Crippen LogP contribution in [0.3, 0.4) is 0 Å². The molecule has 0 aliphatic rings. The van der Waals surface area contributed by atoms with Crippen molar-refractivity contribution < 1.29 is 19.1 Å². The lowest BCUT2D eigenvalue weighted by Crippen LogP contribution is -2.36. The minimum absolute atomic E-state index is 0.141. The summed E-state index contributed by atoms with van der Waals surface area (Å²) in [5.41, 5.74) is 5.90. The molecule has 110 valence electrons. The normalized spacial score (nSPS) is 12.6. The first-order valence-electron chi connectivity index (χ1n) is 6.46. The Bertz CT molecular complexity index is 451. The lowest BCUT2D eigenvalue weighted by Gasteiger charge is -2.20. The number of nitrogens with two attached hydrogens (primary N) is 1. The first-order chi connectivity index (χ1) is 9.28. The van der Waals surface area contributed by atoms with Gasteiger partial charge in [0.25, 0.3) is 0 Å². The lowest BCUT2D eigenvalue weighted by atomic mass is 10.2. The van der Waals surface area contributed by atoms with Gasteiger partial charge in [0.2, 0.25) is 0 Å². The second-order valence-electron chi connectivity index (χ2n) is 5.49. The van der Waals surface area contributed by atoms with Gasteiger partial charge >= 0.3 is 11.9 Å². The van der Waals surface area contributed by atoms with Crippen LogP contribution in [-0.4, -0.2) is 23.6 Å². The summed E-state index contributed by atoms with van der Waals surface area (Å²) in [5, 5.41) is 0. The van der Waals surface area contributed by atoms with Gasteiger partial charge in [0.05, 0.1) is 6.42 Å². The highest BCUT2D eigenvalue weighted by Gasteiger charge is 2.23. The molecule has 0 amide bonds. The number of hydrogen-bond acceptors (Lipinski definition) is 5. The van der Waals surface area contributed by atoms with Crippen LogP contribution >= 0.6 is 0 Å². The molecule has 0 aliphatic carbocycles. The molecule has 0 aliphatic heterocycles. The summed E-state index contributed by atoms with van der Waals surface area (Å²) >= 11 is 0. The quantitative estimate of drug-likeness (QED) is 0.831. The van der Waals surface area contributed by atoms with E-state index in [0.717, 1.165) is 5.56 Å². The molecule has 0 saturated carbocycles. The summed E-state index contributed by atoms with van der Waals surface area (Å²) in [7, 11) is 0. The Labute approximate surface area is 119 Å². The van der Waals surface area contributed by atoms with Gasteiger partial charge in [-0.05, 0) is 26.3 Å². The third-order valence-corrected chi connectivity index (χ3v) is 2.33. The number of carbonyl (C=O) groups excluding carboxylic acids is 2. The van der Waals surface area contributed by atoms with Crippen LogP contribution < -0.4 is 5.73 Å². The van der Waals surface area contributed by atoms with Crippen molar-refractivity contribution in [3.05, 3.63) is 35.9 Å². The summed E-state index contributed by atoms with van der Waals surface area (Å²) in [6.45, 7) is 5.40. The molecule has 0 fully saturated rings. The topological polar surface area (TPSA) is 78.6 Å². The Morgan fingerprint density at radius 1 is 1.20 bits per heavy atom. The molecule has 0 saturated heterocycles. The van der Waals surface area contributed by atoms with Crippen LogP contribution in [0.5, 0.6) is 0 Å². The summed E-state index contributed by atoms with van der Waals surface area (Å²) < 4.78 is 10.1. The summed E-state index contributed by atoms with van der Waals surface area (Å²) in [5.74, 6) is -1.12. The molecule has 0 radical (unpaired) electrons. The van der Waals surface area contributed by atoms with Crippen LogP contribution in [0.15, 0.2) is 30.3 Å². The van der Waals surface area contributed by atoms with Crippen molar-refractivity contribution in [1.29, 1.82) is 0 Å². The largest absolute Gasteiger partial charge is 0.460 e. The van der Waals surface area contributed by atoms with E-state index in [1.165, 1.54) is 0 Å². The third-order valence-electron chi connectivity index (χ3n) is 2.33. The van der Waals surface area contributed by atoms with Crippen LogP contribution in [0.1, 0.15) is 32.8 Å². The number of hydrogen-bond donors (Lipinski definition) is 1. The number of ether oxygens (including phenoxy) is 2. The van der Waals surface area contributed by atoms with Gasteiger partial charge in [0, 0.05) is 0 Å². The molecule has 0 spiro atoms. The Hall–Kier alpha value is -1.88. The van der Waals surface area contributed by atoms with Crippen molar-refractivity contribution >= 4 is 11.9 Å². The minimum Gasteiger partial charge on any atom is -0.460 e. The molecule has 1 aromatic carbocycles. The predicted octanol–water partition coefficient (Wildman–Crippen LogP) is 1.79. The van der Waals surface area contributed by atoms with Crippen molar-refractivity contribution in [2.24, 2.45) is 5.73 Å². The Morgan fingerprint density at radius 3 is 2.35 bits per heavy atom. The fourth-order valence-electron chi connectivity index (χ4n) is 1.48. The van der Waals surface area contributed by atoms with Crippen molar-refractivity contribution in [3.63, 3.8) is 0 Å². The zero-order chi connectivity index (χ0) is 15.2. The van der Waals surface area contributed by atoms with Crippen LogP contribution in [-0.2, 0) is 25.7 Å². The molecule has 1 rings (SSSR count). The van der Waals surface area contributed by atoms with E-state index in [1.54, 1.807) is 20.8 Å². The maximum atomic E-state index is 11.7. The highest BCUT2D eigenvalue weighted by molar-refractivity contribution is 5.82. The van der Waals surface area contributed by atoms with E-state index < -0.39 is 23.6 Å². The smallest absolute Gasteiger partial charge is 0.323 e. The molecule has 1 aromatic rings. The van der Waals surface area contributed by atoms with E-state index in [4.69, 9.17) is 15.2 Å². The molecule has 20 heavy (non-hydrogen) atoms. The first kappa shape index (κ1) is 16.2.